The fourth-order valence-electron chi connectivity index (χ4n) is 3.91. The van der Waals surface area contributed by atoms with Crippen LogP contribution in [-0.2, 0) is 16.3 Å². The molecule has 0 radical (unpaired) electrons. The number of ether oxygens (including phenoxy) is 1. The van der Waals surface area contributed by atoms with Crippen LogP contribution < -0.4 is 15.4 Å². The Balaban J connectivity index is 2.05. The van der Waals surface area contributed by atoms with E-state index in [-0.39, 0.29) is 17.5 Å². The number of halogens is 4. The molecule has 144 valence electrons. The summed E-state index contributed by atoms with van der Waals surface area (Å²) in [6, 6.07) is 3.04. The van der Waals surface area contributed by atoms with Crippen LogP contribution >= 0.6 is 0 Å². The van der Waals surface area contributed by atoms with Crippen LogP contribution in [0.5, 0.6) is 5.75 Å². The van der Waals surface area contributed by atoms with Gasteiger partial charge in [-0.05, 0) is 55.2 Å². The number of alkyl halides is 4. The molecular formula is C18H16F4N2O3. The highest BCUT2D eigenvalue weighted by molar-refractivity contribution is 6.11. The normalized spacial score (nSPS) is 26.0. The highest BCUT2D eigenvalue weighted by Crippen LogP contribution is 2.58. The van der Waals surface area contributed by atoms with Gasteiger partial charge in [0, 0.05) is 11.3 Å². The van der Waals surface area contributed by atoms with Gasteiger partial charge in [0.25, 0.3) is 0 Å². The maximum Gasteiger partial charge on any atom is 0.573 e. The lowest BCUT2D eigenvalue weighted by Crippen LogP contribution is -2.59. The van der Waals surface area contributed by atoms with E-state index in [1.54, 1.807) is 0 Å². The van der Waals surface area contributed by atoms with Crippen molar-refractivity contribution in [3.8, 4) is 18.1 Å². The van der Waals surface area contributed by atoms with Crippen LogP contribution in [0.15, 0.2) is 18.2 Å². The molecule has 2 fully saturated rings. The molecule has 5 nitrogen and oxygen atoms in total. The predicted octanol–water partition coefficient (Wildman–Crippen LogP) is 2.67. The first-order valence-electron chi connectivity index (χ1n) is 8.16. The number of primary amides is 1. The maximum absolute atomic E-state index is 13.3. The number of hydrogen-bond donors (Lipinski definition) is 1. The molecule has 1 aromatic carbocycles. The van der Waals surface area contributed by atoms with Crippen LogP contribution in [0.3, 0.4) is 0 Å². The van der Waals surface area contributed by atoms with E-state index >= 15 is 0 Å². The zero-order valence-electron chi connectivity index (χ0n) is 14.1. The van der Waals surface area contributed by atoms with Crippen molar-refractivity contribution in [3.05, 3.63) is 23.8 Å². The van der Waals surface area contributed by atoms with Gasteiger partial charge in [0.15, 0.2) is 0 Å². The number of benzene rings is 1. The second-order valence-corrected chi connectivity index (χ2v) is 6.82. The number of terminal acetylenes is 1. The monoisotopic (exact) mass is 384 g/mol. The molecule has 2 amide bonds. The lowest BCUT2D eigenvalue weighted by Gasteiger charge is -2.39. The molecule has 0 saturated heterocycles. The Morgan fingerprint density at radius 1 is 1.33 bits per heavy atom. The highest BCUT2D eigenvalue weighted by atomic mass is 19.4. The first-order valence-corrected chi connectivity index (χ1v) is 8.16. The van der Waals surface area contributed by atoms with Gasteiger partial charge in [0.05, 0.1) is 0 Å². The number of rotatable bonds is 5. The molecule has 2 unspecified atom stereocenters. The molecular weight excluding hydrogens is 368 g/mol. The molecule has 2 N–H and O–H groups in total. The Bertz CT molecular complexity index is 821. The molecule has 2 aliphatic rings. The van der Waals surface area contributed by atoms with Gasteiger partial charge in [-0.25, -0.2) is 4.39 Å². The number of anilines is 1. The SMILES string of the molecule is C#CC(=O)N(c1ccc(OC(F)(F)F)c(CF)c1)C1(C(N)=O)CC2CC2C1. The molecule has 9 heteroatoms. The zero-order valence-corrected chi connectivity index (χ0v) is 14.1. The Hall–Kier alpha value is -2.76. The minimum atomic E-state index is -5.00. The van der Waals surface area contributed by atoms with Gasteiger partial charge in [0.1, 0.15) is 18.0 Å². The Labute approximate surface area is 152 Å². The topological polar surface area (TPSA) is 72.6 Å². The first-order chi connectivity index (χ1) is 12.6. The van der Waals surface area contributed by atoms with E-state index in [0.717, 1.165) is 29.5 Å². The summed E-state index contributed by atoms with van der Waals surface area (Å²) in [6.07, 6.45) is 1.77. The van der Waals surface area contributed by atoms with Gasteiger partial charge < -0.3 is 10.5 Å². The van der Waals surface area contributed by atoms with Crippen LogP contribution in [-0.4, -0.2) is 23.7 Å². The number of fused-ring (bicyclic) bond motifs is 1. The summed E-state index contributed by atoms with van der Waals surface area (Å²) in [5, 5.41) is 0. The van der Waals surface area contributed by atoms with Crippen molar-refractivity contribution >= 4 is 17.5 Å². The molecule has 0 spiro atoms. The fourth-order valence-corrected chi connectivity index (χ4v) is 3.91. The van der Waals surface area contributed by atoms with Gasteiger partial charge in [-0.1, -0.05) is 0 Å². The summed E-state index contributed by atoms with van der Waals surface area (Å²) in [5.41, 5.74) is 3.77. The van der Waals surface area contributed by atoms with Crippen LogP contribution in [0, 0.1) is 24.2 Å². The van der Waals surface area contributed by atoms with E-state index in [4.69, 9.17) is 12.2 Å². The van der Waals surface area contributed by atoms with E-state index in [9.17, 15) is 27.2 Å². The molecule has 1 aromatic rings. The average molecular weight is 384 g/mol. The van der Waals surface area contributed by atoms with Crippen molar-refractivity contribution in [2.24, 2.45) is 17.6 Å². The van der Waals surface area contributed by atoms with E-state index < -0.39 is 41.7 Å². The van der Waals surface area contributed by atoms with Crippen molar-refractivity contribution in [3.63, 3.8) is 0 Å². The van der Waals surface area contributed by atoms with Crippen LogP contribution in [0.1, 0.15) is 24.8 Å². The van der Waals surface area contributed by atoms with Gasteiger partial charge in [-0.2, -0.15) is 0 Å². The molecule has 2 aliphatic carbocycles. The molecule has 2 atom stereocenters. The molecule has 0 aromatic heterocycles. The third-order valence-corrected chi connectivity index (χ3v) is 5.15. The lowest BCUT2D eigenvalue weighted by molar-refractivity contribution is -0.275. The lowest BCUT2D eigenvalue weighted by atomic mass is 9.89. The van der Waals surface area contributed by atoms with Crippen LogP contribution in [0.25, 0.3) is 0 Å². The summed E-state index contributed by atoms with van der Waals surface area (Å²) in [6.45, 7) is -1.27. The van der Waals surface area contributed by atoms with E-state index in [0.29, 0.717) is 12.8 Å². The van der Waals surface area contributed by atoms with E-state index in [1.807, 2.05) is 5.92 Å². The molecule has 0 bridgehead atoms. The first kappa shape index (κ1) is 19.0. The van der Waals surface area contributed by atoms with Crippen molar-refractivity contribution in [2.45, 2.75) is 37.8 Å². The number of hydrogen-bond acceptors (Lipinski definition) is 3. The van der Waals surface area contributed by atoms with Crippen LogP contribution in [0.4, 0.5) is 23.2 Å². The molecule has 2 saturated carbocycles. The number of amides is 2. The number of nitrogens with zero attached hydrogens (tertiary/aromatic N) is 1. The quantitative estimate of drug-likeness (QED) is 0.627. The maximum atomic E-state index is 13.3. The van der Waals surface area contributed by atoms with Gasteiger partial charge in [-0.3, -0.25) is 14.5 Å². The third kappa shape index (κ3) is 3.44. The standard InChI is InChI=1S/C18H16F4N2O3/c1-2-15(25)24(17(16(23)26)7-10-5-11(10)8-17)13-3-4-14(12(6-13)9-19)27-18(20,21)22/h1,3-4,6,10-11H,5,7-9H2,(H2,23,26). The second-order valence-electron chi connectivity index (χ2n) is 6.82. The summed E-state index contributed by atoms with van der Waals surface area (Å²) in [4.78, 5) is 25.7. The van der Waals surface area contributed by atoms with Gasteiger partial charge in [0.2, 0.25) is 5.91 Å². The van der Waals surface area contributed by atoms with E-state index in [1.165, 1.54) is 0 Å². The summed E-state index contributed by atoms with van der Waals surface area (Å²) in [5.74, 6) is 0.0277. The Morgan fingerprint density at radius 2 is 1.96 bits per heavy atom. The Morgan fingerprint density at radius 3 is 2.44 bits per heavy atom. The predicted molar refractivity (Wildman–Crippen MR) is 87.0 cm³/mol. The van der Waals surface area contributed by atoms with Crippen molar-refractivity contribution < 1.29 is 31.9 Å². The minimum absolute atomic E-state index is 0.000208. The third-order valence-electron chi connectivity index (χ3n) is 5.15. The minimum Gasteiger partial charge on any atom is -0.405 e. The summed E-state index contributed by atoms with van der Waals surface area (Å²) < 4.78 is 54.5. The van der Waals surface area contributed by atoms with Crippen molar-refractivity contribution in [1.82, 2.24) is 0 Å². The summed E-state index contributed by atoms with van der Waals surface area (Å²) >= 11 is 0. The second kappa shape index (κ2) is 6.44. The average Bonchev–Trinajstić information content (AvgIpc) is 3.21. The largest absolute Gasteiger partial charge is 0.573 e. The Kier molecular flexibility index (Phi) is 4.54. The van der Waals surface area contributed by atoms with Gasteiger partial charge >= 0.3 is 12.3 Å². The zero-order chi connectivity index (χ0) is 20.0. The smallest absolute Gasteiger partial charge is 0.405 e. The van der Waals surface area contributed by atoms with Crippen LogP contribution in [0.2, 0.25) is 0 Å². The highest BCUT2D eigenvalue weighted by Gasteiger charge is 2.60. The fraction of sp³-hybridized carbons (Fsp3) is 0.444. The molecule has 0 heterocycles. The number of carbonyl (C=O) groups excluding carboxylic acids is 2. The summed E-state index contributed by atoms with van der Waals surface area (Å²) in [7, 11) is 0. The number of nitrogens with two attached hydrogens (primary N) is 1. The van der Waals surface area contributed by atoms with Gasteiger partial charge in [-0.15, -0.1) is 19.6 Å². The van der Waals surface area contributed by atoms with E-state index in [2.05, 4.69) is 4.74 Å². The molecule has 0 aliphatic heterocycles. The molecule has 3 rings (SSSR count). The van der Waals surface area contributed by atoms with Crippen molar-refractivity contribution in [1.29, 1.82) is 0 Å². The number of carbonyl (C=O) groups is 2. The molecule has 27 heavy (non-hydrogen) atoms. The van der Waals surface area contributed by atoms with Crippen molar-refractivity contribution in [2.75, 3.05) is 4.90 Å².